The molecule has 0 fully saturated rings. The molecule has 1 rings (SSSR count). The van der Waals surface area contributed by atoms with Crippen molar-refractivity contribution < 1.29 is 4.74 Å². The highest BCUT2D eigenvalue weighted by molar-refractivity contribution is 5.28. The van der Waals surface area contributed by atoms with Crippen LogP contribution in [0.2, 0.25) is 0 Å². The highest BCUT2D eigenvalue weighted by Gasteiger charge is 1.99. The fourth-order valence-electron chi connectivity index (χ4n) is 1.30. The molecular weight excluding hydrogens is 200 g/mol. The summed E-state index contributed by atoms with van der Waals surface area (Å²) in [4.78, 5) is 0. The summed E-state index contributed by atoms with van der Waals surface area (Å²) in [5.74, 6) is 0.755. The molecule has 0 bridgehead atoms. The first-order valence-electron chi connectivity index (χ1n) is 5.58. The lowest BCUT2D eigenvalue weighted by Crippen LogP contribution is -2.24. The van der Waals surface area contributed by atoms with Crippen molar-refractivity contribution in [1.29, 1.82) is 5.26 Å². The van der Waals surface area contributed by atoms with E-state index in [-0.39, 0.29) is 6.61 Å². The molecule has 1 aromatic rings. The standard InChI is InChI=1S/C13H18N2O/c1-3-11(2)15-10-12-5-4-6-13(9-12)16-8-7-14/h4-6,9,11,15H,3,8,10H2,1-2H3. The summed E-state index contributed by atoms with van der Waals surface area (Å²) in [7, 11) is 0. The number of rotatable bonds is 6. The molecule has 3 nitrogen and oxygen atoms in total. The van der Waals surface area contributed by atoms with Gasteiger partial charge in [0.2, 0.25) is 0 Å². The number of nitriles is 1. The van der Waals surface area contributed by atoms with Crippen molar-refractivity contribution in [2.24, 2.45) is 0 Å². The van der Waals surface area contributed by atoms with Crippen LogP contribution in [-0.2, 0) is 6.54 Å². The Balaban J connectivity index is 2.50. The molecule has 1 atom stereocenters. The predicted octanol–water partition coefficient (Wildman–Crippen LogP) is 2.48. The van der Waals surface area contributed by atoms with Gasteiger partial charge in [-0.15, -0.1) is 0 Å². The van der Waals surface area contributed by atoms with Crippen LogP contribution in [0.5, 0.6) is 5.75 Å². The molecule has 1 N–H and O–H groups in total. The number of nitrogens with zero attached hydrogens (tertiary/aromatic N) is 1. The number of benzene rings is 1. The van der Waals surface area contributed by atoms with E-state index >= 15 is 0 Å². The quantitative estimate of drug-likeness (QED) is 0.797. The van der Waals surface area contributed by atoms with Gasteiger partial charge in [0, 0.05) is 12.6 Å². The molecule has 0 spiro atoms. The van der Waals surface area contributed by atoms with Crippen molar-refractivity contribution in [3.8, 4) is 11.8 Å². The Hall–Kier alpha value is -1.53. The second kappa shape index (κ2) is 6.86. The van der Waals surface area contributed by atoms with E-state index in [2.05, 4.69) is 25.2 Å². The van der Waals surface area contributed by atoms with Crippen LogP contribution >= 0.6 is 0 Å². The minimum absolute atomic E-state index is 0.0994. The SMILES string of the molecule is CCC(C)NCc1cccc(OCC#N)c1. The molecule has 0 amide bonds. The van der Waals surface area contributed by atoms with Crippen molar-refractivity contribution in [2.45, 2.75) is 32.9 Å². The van der Waals surface area contributed by atoms with E-state index in [1.54, 1.807) is 0 Å². The van der Waals surface area contributed by atoms with Gasteiger partial charge in [-0.05, 0) is 31.0 Å². The van der Waals surface area contributed by atoms with E-state index in [9.17, 15) is 0 Å². The molecule has 0 aromatic heterocycles. The third-order valence-electron chi connectivity index (χ3n) is 2.47. The Bertz CT molecular complexity index is 357. The summed E-state index contributed by atoms with van der Waals surface area (Å²) in [5.41, 5.74) is 1.18. The normalized spacial score (nSPS) is 11.8. The third-order valence-corrected chi connectivity index (χ3v) is 2.47. The Labute approximate surface area is 97.0 Å². The largest absolute Gasteiger partial charge is 0.479 e. The minimum Gasteiger partial charge on any atom is -0.479 e. The first kappa shape index (κ1) is 12.5. The molecule has 0 aliphatic carbocycles. The van der Waals surface area contributed by atoms with Crippen LogP contribution in [0.3, 0.4) is 0 Å². The van der Waals surface area contributed by atoms with Crippen LogP contribution in [0.1, 0.15) is 25.8 Å². The number of hydrogen-bond donors (Lipinski definition) is 1. The van der Waals surface area contributed by atoms with E-state index in [4.69, 9.17) is 10.00 Å². The van der Waals surface area contributed by atoms with Crippen molar-refractivity contribution in [3.05, 3.63) is 29.8 Å². The van der Waals surface area contributed by atoms with Crippen molar-refractivity contribution in [2.75, 3.05) is 6.61 Å². The lowest BCUT2D eigenvalue weighted by atomic mass is 10.2. The molecule has 0 aliphatic heterocycles. The smallest absolute Gasteiger partial charge is 0.174 e. The van der Waals surface area contributed by atoms with Gasteiger partial charge in [-0.2, -0.15) is 5.26 Å². The second-order valence-electron chi connectivity index (χ2n) is 3.78. The third kappa shape index (κ3) is 4.33. The van der Waals surface area contributed by atoms with Crippen LogP contribution in [0.25, 0.3) is 0 Å². The maximum atomic E-state index is 8.42. The molecule has 0 saturated carbocycles. The fraction of sp³-hybridized carbons (Fsp3) is 0.462. The van der Waals surface area contributed by atoms with Gasteiger partial charge in [-0.25, -0.2) is 0 Å². The summed E-state index contributed by atoms with van der Waals surface area (Å²) in [6, 6.07) is 10.3. The minimum atomic E-state index is 0.0994. The molecule has 86 valence electrons. The Morgan fingerprint density at radius 3 is 3.00 bits per heavy atom. The van der Waals surface area contributed by atoms with Crippen LogP contribution in [0.15, 0.2) is 24.3 Å². The van der Waals surface area contributed by atoms with Gasteiger partial charge in [0.25, 0.3) is 0 Å². The summed E-state index contributed by atoms with van der Waals surface area (Å²) in [6.07, 6.45) is 1.12. The van der Waals surface area contributed by atoms with Gasteiger partial charge < -0.3 is 10.1 Å². The highest BCUT2D eigenvalue weighted by Crippen LogP contribution is 2.13. The van der Waals surface area contributed by atoms with E-state index in [0.29, 0.717) is 6.04 Å². The molecule has 16 heavy (non-hydrogen) atoms. The average Bonchev–Trinajstić information content (AvgIpc) is 2.34. The zero-order valence-electron chi connectivity index (χ0n) is 9.86. The van der Waals surface area contributed by atoms with Gasteiger partial charge in [-0.1, -0.05) is 19.1 Å². The van der Waals surface area contributed by atoms with E-state index in [1.165, 1.54) is 5.56 Å². The molecule has 0 heterocycles. The number of nitrogens with one attached hydrogen (secondary N) is 1. The van der Waals surface area contributed by atoms with Crippen LogP contribution in [0, 0.1) is 11.3 Å². The Morgan fingerprint density at radius 2 is 2.31 bits per heavy atom. The maximum absolute atomic E-state index is 8.42. The molecule has 0 radical (unpaired) electrons. The number of ether oxygens (including phenoxy) is 1. The summed E-state index contributed by atoms with van der Waals surface area (Å²) in [6.45, 7) is 5.25. The van der Waals surface area contributed by atoms with Crippen molar-refractivity contribution >= 4 is 0 Å². The lowest BCUT2D eigenvalue weighted by molar-refractivity contribution is 0.367. The first-order valence-corrected chi connectivity index (χ1v) is 5.58. The van der Waals surface area contributed by atoms with Gasteiger partial charge in [0.05, 0.1) is 0 Å². The zero-order chi connectivity index (χ0) is 11.8. The summed E-state index contributed by atoms with van der Waals surface area (Å²) in [5, 5.41) is 11.8. The monoisotopic (exact) mass is 218 g/mol. The summed E-state index contributed by atoms with van der Waals surface area (Å²) >= 11 is 0. The van der Waals surface area contributed by atoms with Crippen molar-refractivity contribution in [3.63, 3.8) is 0 Å². The molecule has 1 unspecified atom stereocenters. The molecule has 0 saturated heterocycles. The topological polar surface area (TPSA) is 45.0 Å². The molecule has 0 aliphatic rings. The lowest BCUT2D eigenvalue weighted by Gasteiger charge is -2.11. The van der Waals surface area contributed by atoms with Crippen LogP contribution in [-0.4, -0.2) is 12.6 Å². The van der Waals surface area contributed by atoms with E-state index in [1.807, 2.05) is 24.3 Å². The van der Waals surface area contributed by atoms with Gasteiger partial charge in [0.1, 0.15) is 11.8 Å². The molecule has 3 heteroatoms. The van der Waals surface area contributed by atoms with Gasteiger partial charge in [0.15, 0.2) is 6.61 Å². The van der Waals surface area contributed by atoms with E-state index < -0.39 is 0 Å². The number of hydrogen-bond acceptors (Lipinski definition) is 3. The second-order valence-corrected chi connectivity index (χ2v) is 3.78. The first-order chi connectivity index (χ1) is 7.76. The van der Waals surface area contributed by atoms with Gasteiger partial charge in [-0.3, -0.25) is 0 Å². The Morgan fingerprint density at radius 1 is 1.50 bits per heavy atom. The van der Waals surface area contributed by atoms with Gasteiger partial charge >= 0.3 is 0 Å². The van der Waals surface area contributed by atoms with E-state index in [0.717, 1.165) is 18.7 Å². The van der Waals surface area contributed by atoms with Crippen molar-refractivity contribution in [1.82, 2.24) is 5.32 Å². The average molecular weight is 218 g/mol. The Kier molecular flexibility index (Phi) is 5.38. The summed E-state index contributed by atoms with van der Waals surface area (Å²) < 4.78 is 5.24. The molecule has 1 aromatic carbocycles. The van der Waals surface area contributed by atoms with Crippen LogP contribution in [0.4, 0.5) is 0 Å². The van der Waals surface area contributed by atoms with Crippen LogP contribution < -0.4 is 10.1 Å². The highest BCUT2D eigenvalue weighted by atomic mass is 16.5. The maximum Gasteiger partial charge on any atom is 0.174 e. The predicted molar refractivity (Wildman–Crippen MR) is 64.1 cm³/mol. The molecular formula is C13H18N2O. The fourth-order valence-corrected chi connectivity index (χ4v) is 1.30. The zero-order valence-corrected chi connectivity index (χ0v) is 9.86.